The summed E-state index contributed by atoms with van der Waals surface area (Å²) in [5.41, 5.74) is 0.720. The van der Waals surface area contributed by atoms with Crippen molar-refractivity contribution in [3.05, 3.63) is 0 Å². The van der Waals surface area contributed by atoms with Gasteiger partial charge in [-0.1, -0.05) is 54.9 Å². The second-order valence-corrected chi connectivity index (χ2v) is 14.5. The van der Waals surface area contributed by atoms with E-state index in [4.69, 9.17) is 9.47 Å². The van der Waals surface area contributed by atoms with Crippen LogP contribution in [-0.4, -0.2) is 25.2 Å². The number of hydrogen-bond donors (Lipinski definition) is 0. The van der Waals surface area contributed by atoms with Crippen LogP contribution in [0.1, 0.15) is 119 Å². The van der Waals surface area contributed by atoms with E-state index in [1.165, 1.54) is 25.7 Å². The molecule has 0 aromatic rings. The third kappa shape index (κ3) is 7.96. The zero-order valence-corrected chi connectivity index (χ0v) is 23.9. The fraction of sp³-hybridized carbons (Fsp3) is 0.935. The van der Waals surface area contributed by atoms with Crippen molar-refractivity contribution < 1.29 is 19.1 Å². The van der Waals surface area contributed by atoms with E-state index >= 15 is 0 Å². The van der Waals surface area contributed by atoms with Crippen LogP contribution < -0.4 is 0 Å². The van der Waals surface area contributed by atoms with Crippen LogP contribution in [0, 0.1) is 52.3 Å². The molecule has 0 aromatic carbocycles. The molecule has 35 heavy (non-hydrogen) atoms. The molecule has 3 fully saturated rings. The van der Waals surface area contributed by atoms with Crippen molar-refractivity contribution in [1.29, 1.82) is 0 Å². The van der Waals surface area contributed by atoms with Crippen molar-refractivity contribution in [2.45, 2.75) is 119 Å². The molecule has 3 unspecified atom stereocenters. The van der Waals surface area contributed by atoms with E-state index in [0.29, 0.717) is 35.9 Å². The van der Waals surface area contributed by atoms with E-state index in [1.54, 1.807) is 0 Å². The third-order valence-corrected chi connectivity index (χ3v) is 9.86. The number of ether oxygens (including phenoxy) is 2. The Morgan fingerprint density at radius 2 is 1.06 bits per heavy atom. The van der Waals surface area contributed by atoms with Crippen LogP contribution in [0.2, 0.25) is 0 Å². The van der Waals surface area contributed by atoms with Gasteiger partial charge in [0.1, 0.15) is 0 Å². The van der Waals surface area contributed by atoms with E-state index < -0.39 is 0 Å². The van der Waals surface area contributed by atoms with Gasteiger partial charge in [0.15, 0.2) is 0 Å². The zero-order chi connectivity index (χ0) is 25.8. The smallest absolute Gasteiger partial charge is 0.310 e. The lowest BCUT2D eigenvalue weighted by Gasteiger charge is -2.38. The van der Waals surface area contributed by atoms with Crippen LogP contribution in [-0.2, 0) is 19.1 Å². The number of esters is 2. The molecule has 3 aliphatic carbocycles. The van der Waals surface area contributed by atoms with Crippen molar-refractivity contribution in [2.24, 2.45) is 52.3 Å². The van der Waals surface area contributed by atoms with Gasteiger partial charge < -0.3 is 9.47 Å². The van der Waals surface area contributed by atoms with Crippen LogP contribution in [0.5, 0.6) is 0 Å². The molecule has 3 rings (SSSR count). The largest absolute Gasteiger partial charge is 0.465 e. The second-order valence-electron chi connectivity index (χ2n) is 14.5. The molecule has 0 heterocycles. The van der Waals surface area contributed by atoms with Crippen molar-refractivity contribution in [3.8, 4) is 0 Å². The van der Waals surface area contributed by atoms with E-state index in [2.05, 4.69) is 48.5 Å². The lowest BCUT2D eigenvalue weighted by atomic mass is 9.70. The van der Waals surface area contributed by atoms with Gasteiger partial charge in [0.2, 0.25) is 0 Å². The van der Waals surface area contributed by atoms with Crippen LogP contribution in [0.4, 0.5) is 0 Å². The Kier molecular flexibility index (Phi) is 9.77. The molecule has 4 heteroatoms. The van der Waals surface area contributed by atoms with E-state index in [-0.39, 0.29) is 29.7 Å². The Morgan fingerprint density at radius 1 is 0.629 bits per heavy atom. The number of carbonyl (C=O) groups excluding carboxylic acids is 2. The molecule has 0 aromatic heterocycles. The molecular weight excluding hydrogens is 436 g/mol. The molecule has 0 amide bonds. The van der Waals surface area contributed by atoms with Gasteiger partial charge in [-0.2, -0.15) is 0 Å². The quantitative estimate of drug-likeness (QED) is 0.356. The maximum Gasteiger partial charge on any atom is 0.310 e. The summed E-state index contributed by atoms with van der Waals surface area (Å²) in [6, 6.07) is 0. The number of rotatable bonds is 6. The molecule has 4 nitrogen and oxygen atoms in total. The lowest BCUT2D eigenvalue weighted by Crippen LogP contribution is -2.40. The van der Waals surface area contributed by atoms with Gasteiger partial charge in [-0.3, -0.25) is 9.59 Å². The average Bonchev–Trinajstić information content (AvgIpc) is 2.80. The molecule has 3 aliphatic rings. The first-order chi connectivity index (χ1) is 16.4. The molecule has 0 aliphatic heterocycles. The van der Waals surface area contributed by atoms with E-state index in [9.17, 15) is 9.59 Å². The first-order valence-corrected chi connectivity index (χ1v) is 14.7. The first-order valence-electron chi connectivity index (χ1n) is 14.7. The summed E-state index contributed by atoms with van der Waals surface area (Å²) >= 11 is 0. The fourth-order valence-corrected chi connectivity index (χ4v) is 7.07. The van der Waals surface area contributed by atoms with E-state index in [1.807, 2.05) is 0 Å². The highest BCUT2D eigenvalue weighted by Gasteiger charge is 2.43. The Bertz CT molecular complexity index is 684. The van der Waals surface area contributed by atoms with E-state index in [0.717, 1.165) is 56.8 Å². The highest BCUT2D eigenvalue weighted by molar-refractivity contribution is 5.82. The van der Waals surface area contributed by atoms with Gasteiger partial charge in [-0.15, -0.1) is 0 Å². The summed E-state index contributed by atoms with van der Waals surface area (Å²) < 4.78 is 11.7. The van der Waals surface area contributed by atoms with Crippen molar-refractivity contribution >= 4 is 11.9 Å². The lowest BCUT2D eigenvalue weighted by molar-refractivity contribution is -0.167. The normalized spacial score (nSPS) is 34.8. The fourth-order valence-electron chi connectivity index (χ4n) is 7.07. The maximum atomic E-state index is 13.2. The number of hydrogen-bond acceptors (Lipinski definition) is 4. The zero-order valence-electron chi connectivity index (χ0n) is 23.9. The Labute approximate surface area is 215 Å². The topological polar surface area (TPSA) is 52.6 Å². The van der Waals surface area contributed by atoms with Gasteiger partial charge in [-0.05, 0) is 105 Å². The summed E-state index contributed by atoms with van der Waals surface area (Å²) in [4.78, 5) is 26.3. The number of carbonyl (C=O) groups is 2. The van der Waals surface area contributed by atoms with Gasteiger partial charge in [0, 0.05) is 0 Å². The summed E-state index contributed by atoms with van der Waals surface area (Å²) in [7, 11) is 0. The summed E-state index contributed by atoms with van der Waals surface area (Å²) in [5.74, 6) is 1.61. The molecule has 0 spiro atoms. The second kappa shape index (κ2) is 12.0. The Hall–Kier alpha value is -1.06. The van der Waals surface area contributed by atoms with Gasteiger partial charge >= 0.3 is 11.9 Å². The van der Waals surface area contributed by atoms with Crippen LogP contribution >= 0.6 is 0 Å². The van der Waals surface area contributed by atoms with Crippen molar-refractivity contribution in [2.75, 3.05) is 13.2 Å². The van der Waals surface area contributed by atoms with Gasteiger partial charge in [0.25, 0.3) is 0 Å². The van der Waals surface area contributed by atoms with Crippen molar-refractivity contribution in [3.63, 3.8) is 0 Å². The van der Waals surface area contributed by atoms with Crippen LogP contribution in [0.3, 0.4) is 0 Å². The first kappa shape index (κ1) is 28.5. The summed E-state index contributed by atoms with van der Waals surface area (Å²) in [6.07, 6.45) is 12.1. The van der Waals surface area contributed by atoms with Crippen LogP contribution in [0.15, 0.2) is 0 Å². The molecular formula is C31H54O4. The molecule has 0 bridgehead atoms. The maximum absolute atomic E-state index is 13.2. The molecule has 3 saturated carbocycles. The minimum Gasteiger partial charge on any atom is -0.465 e. The molecule has 202 valence electrons. The predicted octanol–water partition coefficient (Wildman–Crippen LogP) is 7.83. The van der Waals surface area contributed by atoms with Gasteiger partial charge in [-0.25, -0.2) is 0 Å². The standard InChI is InChI=1S/C31H54O4/c1-21-9-8-10-26(28(32)34-19-22-11-15-24(16-12-22)30(2,3)4)27(21)29(33)35-20-23-13-17-25(18-14-23)31(5,6)7/h21-27H,8-20H2,1-7H3. The SMILES string of the molecule is CC1CCCC(C(=O)OCC2CCC(C(C)(C)C)CC2)C1C(=O)OCC1CCC(C(C)(C)C)CC1. The third-order valence-electron chi connectivity index (χ3n) is 9.86. The molecule has 3 atom stereocenters. The minimum absolute atomic E-state index is 0.164. The molecule has 0 N–H and O–H groups in total. The summed E-state index contributed by atoms with van der Waals surface area (Å²) in [5, 5.41) is 0. The Balaban J connectivity index is 1.46. The summed E-state index contributed by atoms with van der Waals surface area (Å²) in [6.45, 7) is 17.1. The highest BCUT2D eigenvalue weighted by atomic mass is 16.5. The predicted molar refractivity (Wildman–Crippen MR) is 142 cm³/mol. The van der Waals surface area contributed by atoms with Gasteiger partial charge in [0.05, 0.1) is 25.0 Å². The van der Waals surface area contributed by atoms with Crippen LogP contribution in [0.25, 0.3) is 0 Å². The molecule has 0 saturated heterocycles. The Morgan fingerprint density at radius 3 is 1.49 bits per heavy atom. The monoisotopic (exact) mass is 490 g/mol. The average molecular weight is 491 g/mol. The highest BCUT2D eigenvalue weighted by Crippen LogP contribution is 2.42. The molecule has 0 radical (unpaired) electrons. The van der Waals surface area contributed by atoms with Crippen molar-refractivity contribution in [1.82, 2.24) is 0 Å². The minimum atomic E-state index is -0.348.